The molecular formula is C18H28BrClN2O3. The monoisotopic (exact) mass is 434 g/mol. The Hall–Kier alpha value is -0.980. The van der Waals surface area contributed by atoms with Gasteiger partial charge in [-0.05, 0) is 57.2 Å². The van der Waals surface area contributed by atoms with Crippen LogP contribution < -0.4 is 20.5 Å². The second kappa shape index (κ2) is 9.64. The van der Waals surface area contributed by atoms with E-state index in [4.69, 9.17) is 15.2 Å². The number of nitrogens with two attached hydrogens (primary N) is 1. The number of rotatable bonds is 9. The summed E-state index contributed by atoms with van der Waals surface area (Å²) < 4.78 is 12.1. The van der Waals surface area contributed by atoms with Crippen LogP contribution in [0, 0.1) is 5.92 Å². The lowest BCUT2D eigenvalue weighted by molar-refractivity contribution is -0.122. The Morgan fingerprint density at radius 2 is 1.84 bits per heavy atom. The summed E-state index contributed by atoms with van der Waals surface area (Å²) in [7, 11) is 0. The van der Waals surface area contributed by atoms with E-state index in [9.17, 15) is 4.79 Å². The molecule has 0 spiro atoms. The topological polar surface area (TPSA) is 73.6 Å². The SMILES string of the molecule is CCOc1cc(Br)c(CC(=O)NC(C)(CN)C2CC2)cc1OCC.Cl. The van der Waals surface area contributed by atoms with Gasteiger partial charge in [0.15, 0.2) is 11.5 Å². The van der Waals surface area contributed by atoms with Gasteiger partial charge < -0.3 is 20.5 Å². The quantitative estimate of drug-likeness (QED) is 0.623. The molecule has 0 aromatic heterocycles. The average Bonchev–Trinajstić information content (AvgIpc) is 3.37. The molecule has 0 bridgehead atoms. The molecule has 5 nitrogen and oxygen atoms in total. The lowest BCUT2D eigenvalue weighted by Crippen LogP contribution is -2.53. The molecule has 0 saturated heterocycles. The third-order valence-corrected chi connectivity index (χ3v) is 5.13. The summed E-state index contributed by atoms with van der Waals surface area (Å²) >= 11 is 3.53. The van der Waals surface area contributed by atoms with Crippen LogP contribution in [-0.4, -0.2) is 31.2 Å². The van der Waals surface area contributed by atoms with Crippen LogP contribution in [0.15, 0.2) is 16.6 Å². The van der Waals surface area contributed by atoms with Crippen LogP contribution in [0.1, 0.15) is 39.2 Å². The van der Waals surface area contributed by atoms with E-state index in [-0.39, 0.29) is 30.3 Å². The first-order chi connectivity index (χ1) is 11.4. The van der Waals surface area contributed by atoms with Crippen molar-refractivity contribution >= 4 is 34.2 Å². The van der Waals surface area contributed by atoms with E-state index in [0.29, 0.717) is 37.2 Å². The summed E-state index contributed by atoms with van der Waals surface area (Å²) in [5.74, 6) is 1.81. The minimum atomic E-state index is -0.308. The molecule has 1 aliphatic carbocycles. The molecule has 142 valence electrons. The van der Waals surface area contributed by atoms with Gasteiger partial charge in [0.05, 0.1) is 25.2 Å². The van der Waals surface area contributed by atoms with Crippen molar-refractivity contribution in [1.29, 1.82) is 0 Å². The van der Waals surface area contributed by atoms with E-state index in [0.717, 1.165) is 22.9 Å². The lowest BCUT2D eigenvalue weighted by atomic mass is 9.95. The number of hydrogen-bond acceptors (Lipinski definition) is 4. The molecule has 3 N–H and O–H groups in total. The Balaban J connectivity index is 0.00000312. The first-order valence-corrected chi connectivity index (χ1v) is 9.31. The molecular weight excluding hydrogens is 408 g/mol. The molecule has 0 aliphatic heterocycles. The summed E-state index contributed by atoms with van der Waals surface area (Å²) in [5.41, 5.74) is 6.44. The van der Waals surface area contributed by atoms with Crippen LogP contribution in [-0.2, 0) is 11.2 Å². The zero-order chi connectivity index (χ0) is 17.7. The Morgan fingerprint density at radius 1 is 1.28 bits per heavy atom. The Kier molecular flexibility index (Phi) is 8.51. The van der Waals surface area contributed by atoms with E-state index in [1.165, 1.54) is 0 Å². The number of ether oxygens (including phenoxy) is 2. The molecule has 25 heavy (non-hydrogen) atoms. The first kappa shape index (κ1) is 22.1. The molecule has 7 heteroatoms. The van der Waals surface area contributed by atoms with Crippen LogP contribution >= 0.6 is 28.3 Å². The van der Waals surface area contributed by atoms with Gasteiger partial charge in [-0.2, -0.15) is 0 Å². The number of benzene rings is 1. The van der Waals surface area contributed by atoms with Gasteiger partial charge in [0.25, 0.3) is 0 Å². The highest BCUT2D eigenvalue weighted by Crippen LogP contribution is 2.39. The van der Waals surface area contributed by atoms with Gasteiger partial charge in [-0.3, -0.25) is 4.79 Å². The molecule has 0 radical (unpaired) electrons. The van der Waals surface area contributed by atoms with Gasteiger partial charge in [0.2, 0.25) is 5.91 Å². The zero-order valence-electron chi connectivity index (χ0n) is 15.1. The summed E-state index contributed by atoms with van der Waals surface area (Å²) in [5, 5.41) is 3.12. The maximum Gasteiger partial charge on any atom is 0.224 e. The van der Waals surface area contributed by atoms with Crippen molar-refractivity contribution in [1.82, 2.24) is 5.32 Å². The largest absolute Gasteiger partial charge is 0.490 e. The van der Waals surface area contributed by atoms with Gasteiger partial charge >= 0.3 is 0 Å². The summed E-state index contributed by atoms with van der Waals surface area (Å²) in [6, 6.07) is 3.73. The van der Waals surface area contributed by atoms with Crippen molar-refractivity contribution in [2.75, 3.05) is 19.8 Å². The van der Waals surface area contributed by atoms with Gasteiger partial charge in [-0.15, -0.1) is 12.4 Å². The zero-order valence-corrected chi connectivity index (χ0v) is 17.5. The Bertz CT molecular complexity index is 596. The first-order valence-electron chi connectivity index (χ1n) is 8.52. The second-order valence-electron chi connectivity index (χ2n) is 6.38. The number of carbonyl (C=O) groups is 1. The molecule has 1 amide bonds. The fraction of sp³-hybridized carbons (Fsp3) is 0.611. The van der Waals surface area contributed by atoms with E-state index < -0.39 is 0 Å². The van der Waals surface area contributed by atoms with Crippen molar-refractivity contribution in [3.05, 3.63) is 22.2 Å². The highest BCUT2D eigenvalue weighted by molar-refractivity contribution is 9.10. The smallest absolute Gasteiger partial charge is 0.224 e. The number of hydrogen-bond donors (Lipinski definition) is 2. The van der Waals surface area contributed by atoms with Crippen molar-refractivity contribution in [2.24, 2.45) is 11.7 Å². The third-order valence-electron chi connectivity index (χ3n) is 4.39. The van der Waals surface area contributed by atoms with E-state index in [1.807, 2.05) is 32.9 Å². The number of halogens is 2. The number of nitrogens with one attached hydrogen (secondary N) is 1. The molecule has 1 saturated carbocycles. The standard InChI is InChI=1S/C18H27BrN2O3.ClH/c1-4-23-15-8-12(14(19)10-16(15)24-5-2)9-17(22)21-18(3,11-20)13-6-7-13;/h8,10,13H,4-7,9,11,20H2,1-3H3,(H,21,22);1H. The molecule has 1 aromatic carbocycles. The molecule has 1 aliphatic rings. The van der Waals surface area contributed by atoms with Crippen LogP contribution in [0.3, 0.4) is 0 Å². The van der Waals surface area contributed by atoms with Gasteiger partial charge in [-0.1, -0.05) is 15.9 Å². The van der Waals surface area contributed by atoms with Crippen molar-refractivity contribution in [3.8, 4) is 11.5 Å². The Labute approximate surface area is 164 Å². The van der Waals surface area contributed by atoms with E-state index in [1.54, 1.807) is 0 Å². The second-order valence-corrected chi connectivity index (χ2v) is 7.23. The molecule has 2 rings (SSSR count). The van der Waals surface area contributed by atoms with Crippen LogP contribution in [0.25, 0.3) is 0 Å². The van der Waals surface area contributed by atoms with Crippen LogP contribution in [0.2, 0.25) is 0 Å². The van der Waals surface area contributed by atoms with Gasteiger partial charge in [0, 0.05) is 11.0 Å². The van der Waals surface area contributed by atoms with E-state index >= 15 is 0 Å². The number of carbonyl (C=O) groups excluding carboxylic acids is 1. The predicted octanol–water partition coefficient (Wildman–Crippen LogP) is 3.45. The lowest BCUT2D eigenvalue weighted by Gasteiger charge is -2.29. The predicted molar refractivity (Wildman–Crippen MR) is 106 cm³/mol. The average molecular weight is 436 g/mol. The molecule has 1 aromatic rings. The molecule has 1 atom stereocenters. The summed E-state index contributed by atoms with van der Waals surface area (Å²) in [6.45, 7) is 7.44. The maximum atomic E-state index is 12.5. The highest BCUT2D eigenvalue weighted by atomic mass is 79.9. The molecule has 1 fully saturated rings. The molecule has 1 unspecified atom stereocenters. The minimum Gasteiger partial charge on any atom is -0.490 e. The Morgan fingerprint density at radius 3 is 2.32 bits per heavy atom. The van der Waals surface area contributed by atoms with Crippen LogP contribution in [0.5, 0.6) is 11.5 Å². The number of amides is 1. The minimum absolute atomic E-state index is 0. The highest BCUT2D eigenvalue weighted by Gasteiger charge is 2.41. The summed E-state index contributed by atoms with van der Waals surface area (Å²) in [4.78, 5) is 12.5. The van der Waals surface area contributed by atoms with E-state index in [2.05, 4.69) is 21.2 Å². The van der Waals surface area contributed by atoms with Gasteiger partial charge in [-0.25, -0.2) is 0 Å². The fourth-order valence-electron chi connectivity index (χ4n) is 2.83. The van der Waals surface area contributed by atoms with Crippen molar-refractivity contribution < 1.29 is 14.3 Å². The normalized spacial score (nSPS) is 15.7. The van der Waals surface area contributed by atoms with Crippen LogP contribution in [0.4, 0.5) is 0 Å². The summed E-state index contributed by atoms with van der Waals surface area (Å²) in [6.07, 6.45) is 2.54. The maximum absolute atomic E-state index is 12.5. The van der Waals surface area contributed by atoms with Gasteiger partial charge in [0.1, 0.15) is 0 Å². The fourth-order valence-corrected chi connectivity index (χ4v) is 3.29. The van der Waals surface area contributed by atoms with Crippen molar-refractivity contribution in [2.45, 2.75) is 45.6 Å². The molecule has 0 heterocycles. The third kappa shape index (κ3) is 5.76. The van der Waals surface area contributed by atoms with Crippen molar-refractivity contribution in [3.63, 3.8) is 0 Å².